The molecule has 120 valence electrons. The van der Waals surface area contributed by atoms with Gasteiger partial charge in [0, 0.05) is 26.3 Å². The van der Waals surface area contributed by atoms with Gasteiger partial charge in [0.2, 0.25) is 5.91 Å². The standard InChI is InChI=1S/C15H26N2O4/c18-13-3-1-2-8-17(15(13)20)11-14(19)16-7-4-12-5-9-21-10-6-12/h12-13,18H,1-11H2,(H,16,19). The normalized spacial score (nSPS) is 24.7. The second-order valence-corrected chi connectivity index (χ2v) is 5.97. The van der Waals surface area contributed by atoms with Crippen LogP contribution < -0.4 is 5.32 Å². The summed E-state index contributed by atoms with van der Waals surface area (Å²) in [6, 6.07) is 0. The highest BCUT2D eigenvalue weighted by Gasteiger charge is 2.26. The number of ether oxygens (including phenoxy) is 1. The van der Waals surface area contributed by atoms with Gasteiger partial charge < -0.3 is 20.1 Å². The van der Waals surface area contributed by atoms with Crippen molar-refractivity contribution >= 4 is 11.8 Å². The van der Waals surface area contributed by atoms with Crippen molar-refractivity contribution in [1.82, 2.24) is 10.2 Å². The van der Waals surface area contributed by atoms with E-state index >= 15 is 0 Å². The van der Waals surface area contributed by atoms with Crippen molar-refractivity contribution in [2.45, 2.75) is 44.6 Å². The predicted molar refractivity (Wildman–Crippen MR) is 77.6 cm³/mol. The molecule has 2 saturated heterocycles. The Morgan fingerprint density at radius 2 is 2.05 bits per heavy atom. The number of rotatable bonds is 5. The van der Waals surface area contributed by atoms with E-state index in [9.17, 15) is 14.7 Å². The first-order valence-corrected chi connectivity index (χ1v) is 7.98. The molecule has 0 radical (unpaired) electrons. The highest BCUT2D eigenvalue weighted by atomic mass is 16.5. The fraction of sp³-hybridized carbons (Fsp3) is 0.867. The smallest absolute Gasteiger partial charge is 0.251 e. The van der Waals surface area contributed by atoms with Gasteiger partial charge in [-0.3, -0.25) is 9.59 Å². The number of carbonyl (C=O) groups excluding carboxylic acids is 2. The molecule has 2 N–H and O–H groups in total. The zero-order valence-corrected chi connectivity index (χ0v) is 12.6. The van der Waals surface area contributed by atoms with E-state index < -0.39 is 6.10 Å². The maximum Gasteiger partial charge on any atom is 0.251 e. The van der Waals surface area contributed by atoms with Crippen LogP contribution in [0.1, 0.15) is 38.5 Å². The van der Waals surface area contributed by atoms with Crippen molar-refractivity contribution in [3.8, 4) is 0 Å². The molecule has 1 unspecified atom stereocenters. The summed E-state index contributed by atoms with van der Waals surface area (Å²) in [7, 11) is 0. The van der Waals surface area contributed by atoms with Crippen LogP contribution in [0.4, 0.5) is 0 Å². The molecule has 0 aromatic heterocycles. The lowest BCUT2D eigenvalue weighted by Crippen LogP contribution is -2.44. The molecular formula is C15H26N2O4. The van der Waals surface area contributed by atoms with Crippen LogP contribution >= 0.6 is 0 Å². The Hall–Kier alpha value is -1.14. The molecule has 0 spiro atoms. The van der Waals surface area contributed by atoms with Crippen molar-refractivity contribution in [2.24, 2.45) is 5.92 Å². The van der Waals surface area contributed by atoms with Gasteiger partial charge in [-0.1, -0.05) is 0 Å². The van der Waals surface area contributed by atoms with Gasteiger partial charge in [-0.15, -0.1) is 0 Å². The fourth-order valence-corrected chi connectivity index (χ4v) is 2.92. The van der Waals surface area contributed by atoms with Crippen LogP contribution in [0, 0.1) is 5.92 Å². The molecule has 6 heteroatoms. The summed E-state index contributed by atoms with van der Waals surface area (Å²) in [4.78, 5) is 25.3. The Kier molecular flexibility index (Phi) is 6.45. The van der Waals surface area contributed by atoms with Gasteiger partial charge >= 0.3 is 0 Å². The Balaban J connectivity index is 1.67. The van der Waals surface area contributed by atoms with E-state index in [2.05, 4.69) is 5.32 Å². The molecule has 21 heavy (non-hydrogen) atoms. The number of amides is 2. The van der Waals surface area contributed by atoms with Crippen molar-refractivity contribution in [3.05, 3.63) is 0 Å². The van der Waals surface area contributed by atoms with Gasteiger partial charge in [-0.25, -0.2) is 0 Å². The summed E-state index contributed by atoms with van der Waals surface area (Å²) >= 11 is 0. The van der Waals surface area contributed by atoms with Crippen LogP contribution in [0.5, 0.6) is 0 Å². The predicted octanol–water partition coefficient (Wildman–Crippen LogP) is 0.293. The lowest BCUT2D eigenvalue weighted by molar-refractivity contribution is -0.142. The number of hydrogen-bond acceptors (Lipinski definition) is 4. The third-order valence-electron chi connectivity index (χ3n) is 4.30. The van der Waals surface area contributed by atoms with Gasteiger partial charge in [0.25, 0.3) is 5.91 Å². The van der Waals surface area contributed by atoms with E-state index in [1.54, 1.807) is 0 Å². The molecule has 2 rings (SSSR count). The third kappa shape index (κ3) is 5.28. The number of aliphatic hydroxyl groups excluding tert-OH is 1. The number of likely N-dealkylation sites (tertiary alicyclic amines) is 1. The van der Waals surface area contributed by atoms with Crippen molar-refractivity contribution < 1.29 is 19.4 Å². The molecule has 2 aliphatic rings. The highest BCUT2D eigenvalue weighted by Crippen LogP contribution is 2.17. The summed E-state index contributed by atoms with van der Waals surface area (Å²) < 4.78 is 5.31. The average Bonchev–Trinajstić information content (AvgIpc) is 2.64. The molecular weight excluding hydrogens is 272 g/mol. The number of nitrogens with one attached hydrogen (secondary N) is 1. The minimum Gasteiger partial charge on any atom is -0.383 e. The van der Waals surface area contributed by atoms with Gasteiger partial charge in [-0.2, -0.15) is 0 Å². The fourth-order valence-electron chi connectivity index (χ4n) is 2.92. The summed E-state index contributed by atoms with van der Waals surface area (Å²) in [5.41, 5.74) is 0. The van der Waals surface area contributed by atoms with Gasteiger partial charge in [0.05, 0.1) is 6.54 Å². The SMILES string of the molecule is O=C(CN1CCCCC(O)C1=O)NCCC1CCOCC1. The van der Waals surface area contributed by atoms with Crippen molar-refractivity contribution in [1.29, 1.82) is 0 Å². The largest absolute Gasteiger partial charge is 0.383 e. The lowest BCUT2D eigenvalue weighted by Gasteiger charge is -2.23. The molecule has 0 bridgehead atoms. The first-order chi connectivity index (χ1) is 10.2. The molecule has 6 nitrogen and oxygen atoms in total. The average molecular weight is 298 g/mol. The zero-order chi connectivity index (χ0) is 15.1. The van der Waals surface area contributed by atoms with Crippen molar-refractivity contribution in [2.75, 3.05) is 32.8 Å². The molecule has 0 saturated carbocycles. The maximum atomic E-state index is 11.9. The monoisotopic (exact) mass is 298 g/mol. The van der Waals surface area contributed by atoms with E-state index in [0.29, 0.717) is 25.4 Å². The Morgan fingerprint density at radius 1 is 1.29 bits per heavy atom. The molecule has 0 aromatic rings. The van der Waals surface area contributed by atoms with Crippen LogP contribution in [0.3, 0.4) is 0 Å². The third-order valence-corrected chi connectivity index (χ3v) is 4.30. The lowest BCUT2D eigenvalue weighted by atomic mass is 9.97. The number of nitrogens with zero attached hydrogens (tertiary/aromatic N) is 1. The Bertz CT molecular complexity index is 356. The van der Waals surface area contributed by atoms with Crippen LogP contribution in [0.2, 0.25) is 0 Å². The minimum atomic E-state index is -0.942. The number of hydrogen-bond donors (Lipinski definition) is 2. The summed E-state index contributed by atoms with van der Waals surface area (Å²) in [5, 5.41) is 12.5. The van der Waals surface area contributed by atoms with E-state index in [4.69, 9.17) is 4.74 Å². The molecule has 0 aliphatic carbocycles. The molecule has 2 fully saturated rings. The van der Waals surface area contributed by atoms with E-state index in [1.807, 2.05) is 0 Å². The molecule has 2 heterocycles. The van der Waals surface area contributed by atoms with Gasteiger partial charge in [-0.05, 0) is 44.4 Å². The van der Waals surface area contributed by atoms with E-state index in [-0.39, 0.29) is 18.4 Å². The molecule has 2 aliphatic heterocycles. The van der Waals surface area contributed by atoms with Crippen LogP contribution in [-0.2, 0) is 14.3 Å². The van der Waals surface area contributed by atoms with Crippen LogP contribution in [0.15, 0.2) is 0 Å². The molecule has 2 amide bonds. The van der Waals surface area contributed by atoms with Crippen molar-refractivity contribution in [3.63, 3.8) is 0 Å². The topological polar surface area (TPSA) is 78.9 Å². The number of aliphatic hydroxyl groups is 1. The Morgan fingerprint density at radius 3 is 2.81 bits per heavy atom. The van der Waals surface area contributed by atoms with Crippen LogP contribution in [0.25, 0.3) is 0 Å². The summed E-state index contributed by atoms with van der Waals surface area (Å²) in [6.45, 7) is 2.90. The first kappa shape index (κ1) is 16.2. The molecule has 0 aromatic carbocycles. The second kappa shape index (κ2) is 8.34. The van der Waals surface area contributed by atoms with E-state index in [0.717, 1.165) is 45.3 Å². The number of carbonyl (C=O) groups is 2. The maximum absolute atomic E-state index is 11.9. The molecule has 1 atom stereocenters. The zero-order valence-electron chi connectivity index (χ0n) is 12.6. The van der Waals surface area contributed by atoms with Gasteiger partial charge in [0.1, 0.15) is 6.10 Å². The second-order valence-electron chi connectivity index (χ2n) is 5.97. The summed E-state index contributed by atoms with van der Waals surface area (Å²) in [5.74, 6) is 0.178. The Labute approximate surface area is 125 Å². The summed E-state index contributed by atoms with van der Waals surface area (Å²) in [6.07, 6.45) is 4.32. The first-order valence-electron chi connectivity index (χ1n) is 7.98. The highest BCUT2D eigenvalue weighted by molar-refractivity contribution is 5.87. The van der Waals surface area contributed by atoms with Gasteiger partial charge in [0.15, 0.2) is 0 Å². The quantitative estimate of drug-likeness (QED) is 0.765. The minimum absolute atomic E-state index is 0.0592. The van der Waals surface area contributed by atoms with E-state index in [1.165, 1.54) is 4.90 Å². The van der Waals surface area contributed by atoms with Crippen LogP contribution in [-0.4, -0.2) is 60.8 Å².